The summed E-state index contributed by atoms with van der Waals surface area (Å²) in [6.45, 7) is 37.8. The molecular weight excluding hydrogens is 587 g/mol. The fourth-order valence-corrected chi connectivity index (χ4v) is 12.7. The van der Waals surface area contributed by atoms with Crippen LogP contribution in [-0.4, -0.2) is 16.1 Å². The van der Waals surface area contributed by atoms with Crippen LogP contribution in [0.2, 0.25) is 0 Å². The Morgan fingerprint density at radius 1 is 0.511 bits per heavy atom. The van der Waals surface area contributed by atoms with Gasteiger partial charge in [-0.3, -0.25) is 4.79 Å². The normalized spacial score (nSPS) is 16.9. The Bertz CT molecular complexity index is 1440. The van der Waals surface area contributed by atoms with Crippen molar-refractivity contribution in [1.82, 2.24) is 0 Å². The predicted molar refractivity (Wildman–Crippen MR) is 211 cm³/mol. The first-order valence-electron chi connectivity index (χ1n) is 18.5. The molecule has 47 heavy (non-hydrogen) atoms. The Balaban J connectivity index is 2.32. The minimum atomic E-state index is -0.757. The van der Waals surface area contributed by atoms with Gasteiger partial charge in [-0.15, -0.1) is 0 Å². The fraction of sp³-hybridized carbons (Fsp3) is 0.578. The van der Waals surface area contributed by atoms with Gasteiger partial charge in [-0.2, -0.15) is 0 Å². The third-order valence-electron chi connectivity index (χ3n) is 10.5. The lowest BCUT2D eigenvalue weighted by atomic mass is 9.79. The maximum Gasteiger partial charge on any atom is 0.134 e. The summed E-state index contributed by atoms with van der Waals surface area (Å²) in [5.74, 6) is 2.92. The zero-order valence-electron chi connectivity index (χ0n) is 32.8. The summed E-state index contributed by atoms with van der Waals surface area (Å²) in [6.07, 6.45) is 1.30. The van der Waals surface area contributed by atoms with Gasteiger partial charge in [0.1, 0.15) is 5.78 Å². The number of carbonyl (C=O) groups excluding carboxylic acids is 1. The molecule has 0 atom stereocenters. The number of hydrogen-bond donors (Lipinski definition) is 0. The van der Waals surface area contributed by atoms with Crippen LogP contribution in [0.4, 0.5) is 0 Å². The van der Waals surface area contributed by atoms with Crippen molar-refractivity contribution in [2.75, 3.05) is 0 Å². The highest BCUT2D eigenvalue weighted by Gasteiger charge is 2.49. The van der Waals surface area contributed by atoms with E-state index in [-0.39, 0.29) is 10.3 Å². The van der Waals surface area contributed by atoms with E-state index in [9.17, 15) is 4.79 Å². The van der Waals surface area contributed by atoms with Crippen molar-refractivity contribution in [2.45, 2.75) is 169 Å². The van der Waals surface area contributed by atoms with Gasteiger partial charge in [-0.05, 0) is 107 Å². The summed E-state index contributed by atoms with van der Waals surface area (Å²) in [5, 5.41) is 1.27. The molecule has 0 spiro atoms. The zero-order chi connectivity index (χ0) is 35.3. The van der Waals surface area contributed by atoms with E-state index in [0.717, 1.165) is 0 Å². The highest BCUT2D eigenvalue weighted by atomic mass is 31.1. The monoisotopic (exact) mass is 652 g/mol. The Morgan fingerprint density at radius 2 is 0.809 bits per heavy atom. The second kappa shape index (κ2) is 13.9. The number of ketones is 1. The Labute approximate surface area is 290 Å². The molecule has 0 N–H and O–H groups in total. The average Bonchev–Trinajstić information content (AvgIpc) is 2.94. The fourth-order valence-electron chi connectivity index (χ4n) is 8.33. The molecule has 1 aliphatic heterocycles. The lowest BCUT2D eigenvalue weighted by Crippen LogP contribution is -2.44. The average molecular weight is 653 g/mol. The molecule has 1 fully saturated rings. The van der Waals surface area contributed by atoms with Gasteiger partial charge in [0.2, 0.25) is 0 Å². The zero-order valence-corrected chi connectivity index (χ0v) is 33.7. The van der Waals surface area contributed by atoms with Crippen molar-refractivity contribution >= 4 is 19.0 Å². The van der Waals surface area contributed by atoms with E-state index in [1.165, 1.54) is 60.9 Å². The van der Waals surface area contributed by atoms with E-state index in [0.29, 0.717) is 54.1 Å². The molecule has 1 heterocycles. The Morgan fingerprint density at radius 3 is 1.06 bits per heavy atom. The van der Waals surface area contributed by atoms with Gasteiger partial charge in [0.25, 0.3) is 0 Å². The molecule has 3 aromatic carbocycles. The number of benzene rings is 3. The molecule has 0 saturated carbocycles. The summed E-state index contributed by atoms with van der Waals surface area (Å²) >= 11 is 0. The minimum Gasteiger partial charge on any atom is -0.300 e. The predicted octanol–water partition coefficient (Wildman–Crippen LogP) is 13.8. The summed E-state index contributed by atoms with van der Waals surface area (Å²) in [6, 6.07) is 17.3. The maximum atomic E-state index is 13.4. The second-order valence-corrected chi connectivity index (χ2v) is 21.2. The van der Waals surface area contributed by atoms with E-state index in [1.807, 2.05) is 0 Å². The molecule has 0 radical (unpaired) electrons. The summed E-state index contributed by atoms with van der Waals surface area (Å²) in [4.78, 5) is 13.4. The van der Waals surface area contributed by atoms with Gasteiger partial charge in [-0.1, -0.05) is 161 Å². The Hall–Kier alpha value is -2.24. The van der Waals surface area contributed by atoms with Gasteiger partial charge in [0, 0.05) is 12.8 Å². The van der Waals surface area contributed by atoms with Crippen LogP contribution in [0.3, 0.4) is 0 Å². The molecule has 1 aliphatic rings. The van der Waals surface area contributed by atoms with Crippen LogP contribution in [0.25, 0.3) is 22.3 Å². The standard InChI is InChI=1S/C45H65OP/c1-26(2)32-20-37(28(5)6)41(38(21-32)29(7)8)35-18-17-19-36(43(35)47-44(13,14)24-34(46)25-45(47,15)16)42-39(30(9)10)22-33(27(3)4)23-40(42)31(11)12/h17-23,26-31H,24-25H2,1-16H3. The third kappa shape index (κ3) is 7.37. The van der Waals surface area contributed by atoms with Crippen molar-refractivity contribution in [1.29, 1.82) is 0 Å². The van der Waals surface area contributed by atoms with Crippen molar-refractivity contribution < 1.29 is 4.79 Å². The molecule has 0 aromatic heterocycles. The molecule has 4 rings (SSSR count). The summed E-state index contributed by atoms with van der Waals surface area (Å²) in [5.41, 5.74) is 14.4. The highest BCUT2D eigenvalue weighted by Crippen LogP contribution is 2.66. The van der Waals surface area contributed by atoms with E-state index >= 15 is 0 Å². The molecule has 0 aliphatic carbocycles. The summed E-state index contributed by atoms with van der Waals surface area (Å²) < 4.78 is 0. The second-order valence-electron chi connectivity index (χ2n) is 17.6. The molecule has 256 valence electrons. The smallest absolute Gasteiger partial charge is 0.134 e. The summed E-state index contributed by atoms with van der Waals surface area (Å²) in [7, 11) is -0.757. The van der Waals surface area contributed by atoms with E-state index in [2.05, 4.69) is 153 Å². The van der Waals surface area contributed by atoms with Gasteiger partial charge in [0.15, 0.2) is 0 Å². The Kier molecular flexibility index (Phi) is 11.1. The van der Waals surface area contributed by atoms with Gasteiger partial charge >= 0.3 is 0 Å². The maximum absolute atomic E-state index is 13.4. The van der Waals surface area contributed by atoms with Crippen LogP contribution in [0.5, 0.6) is 0 Å². The number of hydrogen-bond acceptors (Lipinski definition) is 1. The van der Waals surface area contributed by atoms with Gasteiger partial charge < -0.3 is 0 Å². The number of Topliss-reactive ketones (excluding diaryl/α,β-unsaturated/α-hetero) is 1. The van der Waals surface area contributed by atoms with Crippen LogP contribution < -0.4 is 5.30 Å². The highest BCUT2D eigenvalue weighted by molar-refractivity contribution is 7.69. The van der Waals surface area contributed by atoms with E-state index in [4.69, 9.17) is 0 Å². The topological polar surface area (TPSA) is 17.1 Å². The SMILES string of the molecule is CC(C)c1cc(C(C)C)c(-c2cccc(-c3c(C(C)C)cc(C(C)C)cc3C(C)C)c2P2C(C)(C)CC(=O)CC2(C)C)c(C(C)C)c1. The van der Waals surface area contributed by atoms with Crippen LogP contribution in [0, 0.1) is 0 Å². The quantitative estimate of drug-likeness (QED) is 0.210. The number of carbonyl (C=O) groups is 1. The lowest BCUT2D eigenvalue weighted by molar-refractivity contribution is -0.120. The molecule has 1 nitrogen and oxygen atoms in total. The van der Waals surface area contributed by atoms with Crippen molar-refractivity contribution in [3.63, 3.8) is 0 Å². The van der Waals surface area contributed by atoms with E-state index in [1.54, 1.807) is 0 Å². The first kappa shape index (κ1) is 37.6. The van der Waals surface area contributed by atoms with Crippen LogP contribution >= 0.6 is 7.92 Å². The first-order valence-corrected chi connectivity index (χ1v) is 19.8. The van der Waals surface area contributed by atoms with Crippen molar-refractivity contribution in [3.05, 3.63) is 75.8 Å². The molecule has 0 amide bonds. The third-order valence-corrected chi connectivity index (χ3v) is 14.2. The van der Waals surface area contributed by atoms with Crippen LogP contribution in [0.15, 0.2) is 42.5 Å². The van der Waals surface area contributed by atoms with Crippen LogP contribution in [-0.2, 0) is 4.79 Å². The molecule has 0 unspecified atom stereocenters. The molecule has 0 bridgehead atoms. The van der Waals surface area contributed by atoms with Crippen molar-refractivity contribution in [3.8, 4) is 22.3 Å². The van der Waals surface area contributed by atoms with Crippen LogP contribution in [0.1, 0.15) is 193 Å². The minimum absolute atomic E-state index is 0.124. The van der Waals surface area contributed by atoms with E-state index < -0.39 is 7.92 Å². The molecular formula is C45H65OP. The number of rotatable bonds is 9. The first-order chi connectivity index (χ1) is 21.7. The lowest BCUT2D eigenvalue weighted by Gasteiger charge is -2.50. The molecule has 3 aromatic rings. The largest absolute Gasteiger partial charge is 0.300 e. The van der Waals surface area contributed by atoms with Gasteiger partial charge in [-0.25, -0.2) is 0 Å². The van der Waals surface area contributed by atoms with Gasteiger partial charge in [0.05, 0.1) is 0 Å². The molecule has 2 heteroatoms. The molecule has 1 saturated heterocycles. The van der Waals surface area contributed by atoms with Crippen molar-refractivity contribution in [2.24, 2.45) is 0 Å².